The van der Waals surface area contributed by atoms with Crippen molar-refractivity contribution in [2.24, 2.45) is 0 Å². The second-order valence-electron chi connectivity index (χ2n) is 3.74. The molecule has 3 rings (SSSR count). The average Bonchev–Trinajstić information content (AvgIpc) is 2.75. The third-order valence-corrected chi connectivity index (χ3v) is 2.64. The molecule has 0 bridgehead atoms. The van der Waals surface area contributed by atoms with Gasteiger partial charge in [0.05, 0.1) is 17.8 Å². The maximum absolute atomic E-state index is 5.81. The van der Waals surface area contributed by atoms with E-state index in [4.69, 9.17) is 15.9 Å². The minimum Gasteiger partial charge on any atom is -0.462 e. The standard InChI is InChI=1S/C12H10N4O/c13-8-3-1-7(2-4-8)9-6-17-10-5-15-16-12(14)11(9)10/h1-6H,13H2,(H2,14,16). The van der Waals surface area contributed by atoms with Gasteiger partial charge in [0.2, 0.25) is 0 Å². The Kier molecular flexibility index (Phi) is 1.98. The van der Waals surface area contributed by atoms with Gasteiger partial charge in [0.25, 0.3) is 0 Å². The Morgan fingerprint density at radius 3 is 2.59 bits per heavy atom. The Bertz CT molecular complexity index is 673. The molecule has 5 heteroatoms. The van der Waals surface area contributed by atoms with E-state index < -0.39 is 0 Å². The Morgan fingerprint density at radius 1 is 1.06 bits per heavy atom. The SMILES string of the molecule is Nc1ccc(-c2coc3cnnc(N)c23)cc1. The van der Waals surface area contributed by atoms with Crippen LogP contribution < -0.4 is 11.5 Å². The van der Waals surface area contributed by atoms with Crippen LogP contribution >= 0.6 is 0 Å². The Balaban J connectivity index is 2.27. The molecule has 0 aliphatic rings. The summed E-state index contributed by atoms with van der Waals surface area (Å²) in [6.07, 6.45) is 3.20. The number of nitrogens with two attached hydrogens (primary N) is 2. The molecule has 4 N–H and O–H groups in total. The number of hydrogen-bond donors (Lipinski definition) is 2. The van der Waals surface area contributed by atoms with Gasteiger partial charge in [-0.15, -0.1) is 5.10 Å². The molecule has 0 amide bonds. The molecule has 0 aliphatic carbocycles. The van der Waals surface area contributed by atoms with Crippen molar-refractivity contribution in [2.45, 2.75) is 0 Å². The van der Waals surface area contributed by atoms with Crippen LogP contribution in [0.25, 0.3) is 22.1 Å². The molecule has 0 fully saturated rings. The van der Waals surface area contributed by atoms with Crippen molar-refractivity contribution in [1.29, 1.82) is 0 Å². The van der Waals surface area contributed by atoms with Crippen LogP contribution in [0, 0.1) is 0 Å². The summed E-state index contributed by atoms with van der Waals surface area (Å²) in [7, 11) is 0. The summed E-state index contributed by atoms with van der Waals surface area (Å²) in [4.78, 5) is 0. The van der Waals surface area contributed by atoms with Crippen LogP contribution in [0.3, 0.4) is 0 Å². The summed E-state index contributed by atoms with van der Waals surface area (Å²) in [5, 5.41) is 8.35. The maximum Gasteiger partial charge on any atom is 0.158 e. The molecule has 0 unspecified atom stereocenters. The van der Waals surface area contributed by atoms with Gasteiger partial charge in [-0.3, -0.25) is 0 Å². The highest BCUT2D eigenvalue weighted by atomic mass is 16.3. The average molecular weight is 226 g/mol. The van der Waals surface area contributed by atoms with Gasteiger partial charge in [-0.2, -0.15) is 5.10 Å². The Morgan fingerprint density at radius 2 is 1.82 bits per heavy atom. The number of hydrogen-bond acceptors (Lipinski definition) is 5. The zero-order chi connectivity index (χ0) is 11.8. The van der Waals surface area contributed by atoms with Crippen molar-refractivity contribution in [3.8, 4) is 11.1 Å². The third-order valence-electron chi connectivity index (χ3n) is 2.64. The molecular weight excluding hydrogens is 216 g/mol. The van der Waals surface area contributed by atoms with Gasteiger partial charge in [0, 0.05) is 11.3 Å². The molecular formula is C12H10N4O. The molecule has 0 aliphatic heterocycles. The van der Waals surface area contributed by atoms with Crippen LogP contribution in [-0.4, -0.2) is 10.2 Å². The summed E-state index contributed by atoms with van der Waals surface area (Å²) >= 11 is 0. The second-order valence-corrected chi connectivity index (χ2v) is 3.74. The fourth-order valence-corrected chi connectivity index (χ4v) is 1.80. The number of aromatic nitrogens is 2. The minimum absolute atomic E-state index is 0.364. The first-order valence-corrected chi connectivity index (χ1v) is 5.10. The van der Waals surface area contributed by atoms with Crippen LogP contribution in [0.2, 0.25) is 0 Å². The van der Waals surface area contributed by atoms with Crippen molar-refractivity contribution in [3.05, 3.63) is 36.7 Å². The quantitative estimate of drug-likeness (QED) is 0.619. The van der Waals surface area contributed by atoms with Gasteiger partial charge < -0.3 is 15.9 Å². The zero-order valence-corrected chi connectivity index (χ0v) is 8.92. The van der Waals surface area contributed by atoms with Gasteiger partial charge in [0.15, 0.2) is 11.4 Å². The van der Waals surface area contributed by atoms with Gasteiger partial charge in [0.1, 0.15) is 0 Å². The minimum atomic E-state index is 0.364. The highest BCUT2D eigenvalue weighted by Crippen LogP contribution is 2.32. The molecule has 84 valence electrons. The van der Waals surface area contributed by atoms with Crippen molar-refractivity contribution >= 4 is 22.5 Å². The van der Waals surface area contributed by atoms with E-state index in [1.54, 1.807) is 12.5 Å². The molecule has 0 spiro atoms. The summed E-state index contributed by atoms with van der Waals surface area (Å²) in [6.45, 7) is 0. The lowest BCUT2D eigenvalue weighted by molar-refractivity contribution is 0.614. The summed E-state index contributed by atoms with van der Waals surface area (Å²) in [5.41, 5.74) is 14.7. The van der Waals surface area contributed by atoms with Gasteiger partial charge in [-0.1, -0.05) is 12.1 Å². The molecule has 0 atom stereocenters. The summed E-state index contributed by atoms with van der Waals surface area (Å²) in [5.74, 6) is 0.364. The van der Waals surface area contributed by atoms with E-state index in [9.17, 15) is 0 Å². The lowest BCUT2D eigenvalue weighted by Crippen LogP contribution is -1.93. The van der Waals surface area contributed by atoms with Crippen molar-refractivity contribution in [2.75, 3.05) is 11.5 Å². The lowest BCUT2D eigenvalue weighted by atomic mass is 10.1. The molecule has 1 aromatic carbocycles. The van der Waals surface area contributed by atoms with E-state index in [0.29, 0.717) is 17.1 Å². The number of nitrogen functional groups attached to an aromatic ring is 2. The van der Waals surface area contributed by atoms with Crippen molar-refractivity contribution in [3.63, 3.8) is 0 Å². The number of nitrogens with zero attached hydrogens (tertiary/aromatic N) is 2. The van der Waals surface area contributed by atoms with Crippen molar-refractivity contribution in [1.82, 2.24) is 10.2 Å². The number of anilines is 2. The molecule has 2 heterocycles. The fourth-order valence-electron chi connectivity index (χ4n) is 1.80. The van der Waals surface area contributed by atoms with Gasteiger partial charge in [-0.05, 0) is 17.7 Å². The Labute approximate surface area is 97.1 Å². The first-order valence-electron chi connectivity index (χ1n) is 5.10. The Hall–Kier alpha value is -2.56. The number of furan rings is 1. The number of rotatable bonds is 1. The first-order chi connectivity index (χ1) is 8.25. The van der Waals surface area contributed by atoms with Gasteiger partial charge in [-0.25, -0.2) is 0 Å². The molecule has 5 nitrogen and oxygen atoms in total. The van der Waals surface area contributed by atoms with Crippen molar-refractivity contribution < 1.29 is 4.42 Å². The van der Waals surface area contributed by atoms with E-state index in [2.05, 4.69) is 10.2 Å². The van der Waals surface area contributed by atoms with E-state index in [0.717, 1.165) is 16.5 Å². The molecule has 2 aromatic heterocycles. The molecule has 0 saturated carbocycles. The first kappa shape index (κ1) is 9.65. The van der Waals surface area contributed by atoms with E-state index in [-0.39, 0.29) is 0 Å². The zero-order valence-electron chi connectivity index (χ0n) is 8.92. The van der Waals surface area contributed by atoms with E-state index in [1.165, 1.54) is 0 Å². The predicted octanol–water partition coefficient (Wildman–Crippen LogP) is 2.05. The topological polar surface area (TPSA) is 91.0 Å². The third kappa shape index (κ3) is 1.48. The molecule has 3 aromatic rings. The molecule has 0 radical (unpaired) electrons. The highest BCUT2D eigenvalue weighted by Gasteiger charge is 2.11. The number of fused-ring (bicyclic) bond motifs is 1. The van der Waals surface area contributed by atoms with Crippen LogP contribution in [0.5, 0.6) is 0 Å². The summed E-state index contributed by atoms with van der Waals surface area (Å²) in [6, 6.07) is 7.50. The second kappa shape index (κ2) is 3.48. The maximum atomic E-state index is 5.81. The monoisotopic (exact) mass is 226 g/mol. The van der Waals surface area contributed by atoms with E-state index in [1.807, 2.05) is 24.3 Å². The normalized spacial score (nSPS) is 10.8. The van der Waals surface area contributed by atoms with Crippen LogP contribution in [0.15, 0.2) is 41.1 Å². The fraction of sp³-hybridized carbons (Fsp3) is 0. The van der Waals surface area contributed by atoms with Crippen LogP contribution in [0.1, 0.15) is 0 Å². The highest BCUT2D eigenvalue weighted by molar-refractivity contribution is 6.00. The van der Waals surface area contributed by atoms with E-state index >= 15 is 0 Å². The largest absolute Gasteiger partial charge is 0.462 e. The van der Waals surface area contributed by atoms with Gasteiger partial charge >= 0.3 is 0 Å². The van der Waals surface area contributed by atoms with Crippen LogP contribution in [-0.2, 0) is 0 Å². The smallest absolute Gasteiger partial charge is 0.158 e. The van der Waals surface area contributed by atoms with Crippen LogP contribution in [0.4, 0.5) is 11.5 Å². The number of benzene rings is 1. The predicted molar refractivity (Wildman–Crippen MR) is 66.1 cm³/mol. The molecule has 17 heavy (non-hydrogen) atoms. The molecule has 0 saturated heterocycles. The summed E-state index contributed by atoms with van der Waals surface area (Å²) < 4.78 is 5.40. The lowest BCUT2D eigenvalue weighted by Gasteiger charge is -2.00.